The number of carbonyl (C=O) groups is 2. The van der Waals surface area contributed by atoms with Gasteiger partial charge in [0.25, 0.3) is 0 Å². The second kappa shape index (κ2) is 14.1. The van der Waals surface area contributed by atoms with E-state index in [1.54, 1.807) is 30.3 Å². The van der Waals surface area contributed by atoms with Gasteiger partial charge in [-0.15, -0.1) is 0 Å². The van der Waals surface area contributed by atoms with Crippen molar-refractivity contribution in [3.63, 3.8) is 0 Å². The fourth-order valence-corrected chi connectivity index (χ4v) is 5.29. The molecule has 3 aromatic carbocycles. The quantitative estimate of drug-likeness (QED) is 0.319. The average Bonchev–Trinajstić information content (AvgIpc) is 2.93. The van der Waals surface area contributed by atoms with Gasteiger partial charge in [0.1, 0.15) is 12.6 Å². The summed E-state index contributed by atoms with van der Waals surface area (Å²) in [6.07, 6.45) is 2.87. The Morgan fingerprint density at radius 3 is 2.13 bits per heavy atom. The number of hydrogen-bond acceptors (Lipinski definition) is 4. The van der Waals surface area contributed by atoms with Crippen molar-refractivity contribution in [3.05, 3.63) is 101 Å². The first-order valence-corrected chi connectivity index (χ1v) is 15.3. The summed E-state index contributed by atoms with van der Waals surface area (Å²) < 4.78 is 26.8. The van der Waals surface area contributed by atoms with Gasteiger partial charge >= 0.3 is 0 Å². The Bertz CT molecular complexity index is 1350. The van der Waals surface area contributed by atoms with Crippen LogP contribution in [0.25, 0.3) is 0 Å². The zero-order valence-corrected chi connectivity index (χ0v) is 24.2. The van der Waals surface area contributed by atoms with Crippen LogP contribution in [0.2, 0.25) is 5.02 Å². The Kier molecular flexibility index (Phi) is 10.9. The molecule has 0 aliphatic carbocycles. The molecule has 0 bridgehead atoms. The molecular formula is C30H36ClN3O4S. The molecular weight excluding hydrogens is 534 g/mol. The molecule has 2 amide bonds. The van der Waals surface area contributed by atoms with E-state index in [0.29, 0.717) is 22.8 Å². The highest BCUT2D eigenvalue weighted by Crippen LogP contribution is 2.23. The minimum absolute atomic E-state index is 0.0436. The monoisotopic (exact) mass is 569 g/mol. The van der Waals surface area contributed by atoms with Gasteiger partial charge in [0.15, 0.2) is 0 Å². The Labute approximate surface area is 236 Å². The van der Waals surface area contributed by atoms with Crippen molar-refractivity contribution in [1.82, 2.24) is 10.2 Å². The van der Waals surface area contributed by atoms with E-state index < -0.39 is 28.5 Å². The van der Waals surface area contributed by atoms with E-state index in [9.17, 15) is 18.0 Å². The van der Waals surface area contributed by atoms with Crippen molar-refractivity contribution in [1.29, 1.82) is 0 Å². The topological polar surface area (TPSA) is 86.8 Å². The summed E-state index contributed by atoms with van der Waals surface area (Å²) in [7, 11) is -3.81. The van der Waals surface area contributed by atoms with Gasteiger partial charge < -0.3 is 10.2 Å². The summed E-state index contributed by atoms with van der Waals surface area (Å²) >= 11 is 6.46. The molecule has 0 spiro atoms. The number of hydrogen-bond donors (Lipinski definition) is 1. The van der Waals surface area contributed by atoms with Crippen molar-refractivity contribution in [2.75, 3.05) is 23.7 Å². The first-order valence-electron chi connectivity index (χ1n) is 13.0. The molecule has 0 saturated carbocycles. The molecule has 0 saturated heterocycles. The summed E-state index contributed by atoms with van der Waals surface area (Å²) in [5.74, 6) is -0.813. The van der Waals surface area contributed by atoms with E-state index in [0.717, 1.165) is 34.5 Å². The standard InChI is InChI=1S/C30H36ClN3O4S/c1-4-19-32-30(36)28(20-24-11-7-6-8-12-24)33(21-25-13-9-10-14-27(25)31)29(35)22-34(39(3,37)38)26-17-15-23(5-2)16-18-26/h6-18,28H,4-5,19-22H2,1-3H3,(H,32,36). The second-order valence-electron chi connectivity index (χ2n) is 9.40. The predicted octanol–water partition coefficient (Wildman–Crippen LogP) is 4.83. The van der Waals surface area contributed by atoms with Crippen molar-refractivity contribution in [2.45, 2.75) is 45.7 Å². The van der Waals surface area contributed by atoms with Crippen LogP contribution in [0.5, 0.6) is 0 Å². The third-order valence-electron chi connectivity index (χ3n) is 6.43. The highest BCUT2D eigenvalue weighted by molar-refractivity contribution is 7.92. The number of benzene rings is 3. The Morgan fingerprint density at radius 2 is 1.54 bits per heavy atom. The number of halogens is 1. The number of aryl methyl sites for hydroxylation is 1. The van der Waals surface area contributed by atoms with Gasteiger partial charge in [-0.25, -0.2) is 8.42 Å². The van der Waals surface area contributed by atoms with Crippen molar-refractivity contribution in [3.8, 4) is 0 Å². The fourth-order valence-electron chi connectivity index (χ4n) is 4.24. The maximum absolute atomic E-state index is 14.0. The zero-order chi connectivity index (χ0) is 28.4. The average molecular weight is 570 g/mol. The van der Waals surface area contributed by atoms with E-state index in [1.807, 2.05) is 62.4 Å². The molecule has 1 atom stereocenters. The van der Waals surface area contributed by atoms with Gasteiger partial charge in [0.2, 0.25) is 21.8 Å². The molecule has 0 aromatic heterocycles. The van der Waals surface area contributed by atoms with Crippen LogP contribution >= 0.6 is 11.6 Å². The second-order valence-corrected chi connectivity index (χ2v) is 11.7. The van der Waals surface area contributed by atoms with Crippen LogP contribution in [0, 0.1) is 0 Å². The van der Waals surface area contributed by atoms with Crippen molar-refractivity contribution in [2.24, 2.45) is 0 Å². The molecule has 1 N–H and O–H groups in total. The first kappa shape index (κ1) is 30.2. The van der Waals surface area contributed by atoms with Crippen LogP contribution in [0.1, 0.15) is 37.0 Å². The van der Waals surface area contributed by atoms with Gasteiger partial charge in [-0.3, -0.25) is 13.9 Å². The van der Waals surface area contributed by atoms with Gasteiger partial charge in [0.05, 0.1) is 11.9 Å². The maximum atomic E-state index is 14.0. The van der Waals surface area contributed by atoms with Crippen LogP contribution in [-0.2, 0) is 39.0 Å². The van der Waals surface area contributed by atoms with E-state index in [4.69, 9.17) is 11.6 Å². The van der Waals surface area contributed by atoms with Gasteiger partial charge in [0, 0.05) is 24.5 Å². The molecule has 3 aromatic rings. The van der Waals surface area contributed by atoms with Crippen molar-refractivity contribution < 1.29 is 18.0 Å². The van der Waals surface area contributed by atoms with Gasteiger partial charge in [-0.05, 0) is 47.7 Å². The Hall–Kier alpha value is -3.36. The lowest BCUT2D eigenvalue weighted by atomic mass is 10.0. The number of nitrogens with zero attached hydrogens (tertiary/aromatic N) is 2. The molecule has 7 nitrogen and oxygen atoms in total. The molecule has 208 valence electrons. The molecule has 3 rings (SSSR count). The lowest BCUT2D eigenvalue weighted by molar-refractivity contribution is -0.140. The molecule has 9 heteroatoms. The third-order valence-corrected chi connectivity index (χ3v) is 7.94. The summed E-state index contributed by atoms with van der Waals surface area (Å²) in [6.45, 7) is 4.00. The van der Waals surface area contributed by atoms with Crippen LogP contribution in [0.4, 0.5) is 5.69 Å². The predicted molar refractivity (Wildman–Crippen MR) is 157 cm³/mol. The van der Waals surface area contributed by atoms with Crippen LogP contribution in [0.15, 0.2) is 78.9 Å². The number of sulfonamides is 1. The lowest BCUT2D eigenvalue weighted by Gasteiger charge is -2.33. The SMILES string of the molecule is CCCNC(=O)C(Cc1ccccc1)N(Cc1ccccc1Cl)C(=O)CN(c1ccc(CC)cc1)S(C)(=O)=O. The molecule has 39 heavy (non-hydrogen) atoms. The summed E-state index contributed by atoms with van der Waals surface area (Å²) in [6, 6.07) is 22.8. The maximum Gasteiger partial charge on any atom is 0.244 e. The number of anilines is 1. The highest BCUT2D eigenvalue weighted by atomic mass is 35.5. The number of nitrogens with one attached hydrogen (secondary N) is 1. The minimum Gasteiger partial charge on any atom is -0.354 e. The Morgan fingerprint density at radius 1 is 0.897 bits per heavy atom. The van der Waals surface area contributed by atoms with E-state index in [1.165, 1.54) is 4.90 Å². The summed E-state index contributed by atoms with van der Waals surface area (Å²) in [4.78, 5) is 28.9. The minimum atomic E-state index is -3.81. The molecule has 0 radical (unpaired) electrons. The first-order chi connectivity index (χ1) is 18.6. The van der Waals surface area contributed by atoms with Gasteiger partial charge in [-0.1, -0.05) is 86.1 Å². The normalized spacial score (nSPS) is 12.0. The molecule has 0 aliphatic heterocycles. The van der Waals surface area contributed by atoms with E-state index in [2.05, 4.69) is 5.32 Å². The van der Waals surface area contributed by atoms with E-state index in [-0.39, 0.29) is 18.9 Å². The van der Waals surface area contributed by atoms with Crippen LogP contribution in [0.3, 0.4) is 0 Å². The number of rotatable bonds is 13. The summed E-state index contributed by atoms with van der Waals surface area (Å²) in [5, 5.41) is 3.38. The molecule has 0 aliphatic rings. The smallest absolute Gasteiger partial charge is 0.244 e. The van der Waals surface area contributed by atoms with Crippen LogP contribution in [-0.4, -0.2) is 50.5 Å². The zero-order valence-electron chi connectivity index (χ0n) is 22.6. The molecule has 1 unspecified atom stereocenters. The lowest BCUT2D eigenvalue weighted by Crippen LogP contribution is -2.53. The molecule has 0 fully saturated rings. The Balaban J connectivity index is 2.04. The highest BCUT2D eigenvalue weighted by Gasteiger charge is 2.33. The van der Waals surface area contributed by atoms with E-state index >= 15 is 0 Å². The van der Waals surface area contributed by atoms with Gasteiger partial charge in [-0.2, -0.15) is 0 Å². The largest absolute Gasteiger partial charge is 0.354 e. The third kappa shape index (κ3) is 8.57. The number of carbonyl (C=O) groups excluding carboxylic acids is 2. The van der Waals surface area contributed by atoms with Crippen molar-refractivity contribution >= 4 is 39.1 Å². The fraction of sp³-hybridized carbons (Fsp3) is 0.333. The number of amides is 2. The van der Waals surface area contributed by atoms with Crippen LogP contribution < -0.4 is 9.62 Å². The molecule has 0 heterocycles. The summed E-state index contributed by atoms with van der Waals surface area (Å²) in [5.41, 5.74) is 2.97.